The van der Waals surface area contributed by atoms with Crippen LogP contribution < -0.4 is 0 Å². The lowest BCUT2D eigenvalue weighted by atomic mass is 10.1. The van der Waals surface area contributed by atoms with Crippen molar-refractivity contribution in [2.75, 3.05) is 12.4 Å². The van der Waals surface area contributed by atoms with Gasteiger partial charge in [-0.3, -0.25) is 0 Å². The van der Waals surface area contributed by atoms with Gasteiger partial charge >= 0.3 is 0 Å². The zero-order valence-corrected chi connectivity index (χ0v) is 10.6. The molecular formula is C13H19FOS. The molecule has 16 heavy (non-hydrogen) atoms. The molecule has 0 amide bonds. The predicted octanol–water partition coefficient (Wildman–Crippen LogP) is 3.69. The summed E-state index contributed by atoms with van der Waals surface area (Å²) in [7, 11) is 0. The van der Waals surface area contributed by atoms with E-state index in [1.54, 1.807) is 12.1 Å². The molecule has 0 saturated carbocycles. The van der Waals surface area contributed by atoms with Crippen LogP contribution in [0, 0.1) is 11.7 Å². The van der Waals surface area contributed by atoms with Crippen LogP contribution in [0.1, 0.15) is 25.3 Å². The van der Waals surface area contributed by atoms with E-state index < -0.39 is 0 Å². The van der Waals surface area contributed by atoms with Crippen LogP contribution in [-0.4, -0.2) is 12.4 Å². The van der Waals surface area contributed by atoms with Crippen molar-refractivity contribution in [1.29, 1.82) is 0 Å². The smallest absolute Gasteiger partial charge is 0.128 e. The fourth-order valence-corrected chi connectivity index (χ4v) is 1.89. The van der Waals surface area contributed by atoms with Crippen molar-refractivity contribution in [2.24, 2.45) is 5.92 Å². The van der Waals surface area contributed by atoms with E-state index in [0.717, 1.165) is 18.6 Å². The SMILES string of the molecule is CC(CCS)CCOCc1ccccc1F. The van der Waals surface area contributed by atoms with Gasteiger partial charge in [0.15, 0.2) is 0 Å². The average Bonchev–Trinajstić information content (AvgIpc) is 2.27. The summed E-state index contributed by atoms with van der Waals surface area (Å²) in [6, 6.07) is 6.73. The Hall–Kier alpha value is -0.540. The highest BCUT2D eigenvalue weighted by Gasteiger charge is 2.03. The highest BCUT2D eigenvalue weighted by molar-refractivity contribution is 7.80. The highest BCUT2D eigenvalue weighted by Crippen LogP contribution is 2.11. The lowest BCUT2D eigenvalue weighted by Crippen LogP contribution is -2.03. The van der Waals surface area contributed by atoms with Gasteiger partial charge in [0, 0.05) is 12.2 Å². The molecule has 0 aliphatic carbocycles. The molecule has 1 nitrogen and oxygen atoms in total. The van der Waals surface area contributed by atoms with E-state index in [-0.39, 0.29) is 5.82 Å². The first kappa shape index (κ1) is 13.5. The molecule has 1 rings (SSSR count). The summed E-state index contributed by atoms with van der Waals surface area (Å²) in [5, 5.41) is 0. The summed E-state index contributed by atoms with van der Waals surface area (Å²) in [6.07, 6.45) is 2.11. The normalized spacial score (nSPS) is 12.7. The standard InChI is InChI=1S/C13H19FOS/c1-11(7-9-16)6-8-15-10-12-4-2-3-5-13(12)14/h2-5,11,16H,6-10H2,1H3. The summed E-state index contributed by atoms with van der Waals surface area (Å²) in [5.41, 5.74) is 0.629. The van der Waals surface area contributed by atoms with Crippen LogP contribution in [0.15, 0.2) is 24.3 Å². The summed E-state index contributed by atoms with van der Waals surface area (Å²) in [6.45, 7) is 3.23. The minimum Gasteiger partial charge on any atom is -0.377 e. The van der Waals surface area contributed by atoms with Crippen molar-refractivity contribution in [3.05, 3.63) is 35.6 Å². The lowest BCUT2D eigenvalue weighted by Gasteiger charge is -2.10. The topological polar surface area (TPSA) is 9.23 Å². The molecule has 1 unspecified atom stereocenters. The molecule has 1 atom stereocenters. The van der Waals surface area contributed by atoms with Crippen LogP contribution in [0.4, 0.5) is 4.39 Å². The van der Waals surface area contributed by atoms with Gasteiger partial charge in [-0.15, -0.1) is 0 Å². The first-order valence-electron chi connectivity index (χ1n) is 5.66. The molecule has 3 heteroatoms. The molecule has 0 aliphatic rings. The van der Waals surface area contributed by atoms with E-state index >= 15 is 0 Å². The summed E-state index contributed by atoms with van der Waals surface area (Å²) in [5.74, 6) is 1.35. The summed E-state index contributed by atoms with van der Waals surface area (Å²) in [4.78, 5) is 0. The predicted molar refractivity (Wildman–Crippen MR) is 68.3 cm³/mol. The molecule has 0 spiro atoms. The number of thiol groups is 1. The highest BCUT2D eigenvalue weighted by atomic mass is 32.1. The van der Waals surface area contributed by atoms with Gasteiger partial charge in [-0.05, 0) is 30.6 Å². The molecule has 1 aromatic rings. The molecule has 0 bridgehead atoms. The molecule has 0 fully saturated rings. The molecular weight excluding hydrogens is 223 g/mol. The molecule has 0 heterocycles. The summed E-state index contributed by atoms with van der Waals surface area (Å²) >= 11 is 4.19. The fourth-order valence-electron chi connectivity index (χ4n) is 1.45. The Morgan fingerprint density at radius 3 is 2.75 bits per heavy atom. The Kier molecular flexibility index (Phi) is 6.50. The van der Waals surface area contributed by atoms with Crippen LogP contribution in [-0.2, 0) is 11.3 Å². The number of hydrogen-bond donors (Lipinski definition) is 1. The van der Waals surface area contributed by atoms with Gasteiger partial charge in [0.05, 0.1) is 6.61 Å². The first-order valence-corrected chi connectivity index (χ1v) is 6.29. The Labute approximate surface area is 102 Å². The molecule has 0 N–H and O–H groups in total. The summed E-state index contributed by atoms with van der Waals surface area (Å²) < 4.78 is 18.7. The van der Waals surface area contributed by atoms with E-state index in [0.29, 0.717) is 24.7 Å². The maximum absolute atomic E-state index is 13.2. The van der Waals surface area contributed by atoms with Gasteiger partial charge in [-0.2, -0.15) is 12.6 Å². The molecule has 1 aromatic carbocycles. The molecule has 0 aliphatic heterocycles. The average molecular weight is 242 g/mol. The second-order valence-corrected chi connectivity index (χ2v) is 4.50. The second-order valence-electron chi connectivity index (χ2n) is 4.05. The van der Waals surface area contributed by atoms with Crippen molar-refractivity contribution in [2.45, 2.75) is 26.4 Å². The van der Waals surface area contributed by atoms with Crippen LogP contribution >= 0.6 is 12.6 Å². The minimum absolute atomic E-state index is 0.189. The third kappa shape index (κ3) is 4.99. The van der Waals surface area contributed by atoms with E-state index in [1.165, 1.54) is 6.07 Å². The second kappa shape index (κ2) is 7.69. The number of rotatable bonds is 7. The molecule has 0 radical (unpaired) electrons. The molecule has 0 saturated heterocycles. The number of benzene rings is 1. The van der Waals surface area contributed by atoms with Crippen molar-refractivity contribution in [3.8, 4) is 0 Å². The lowest BCUT2D eigenvalue weighted by molar-refractivity contribution is 0.106. The fraction of sp³-hybridized carbons (Fsp3) is 0.538. The van der Waals surface area contributed by atoms with Gasteiger partial charge in [0.1, 0.15) is 5.82 Å². The van der Waals surface area contributed by atoms with E-state index in [9.17, 15) is 4.39 Å². The van der Waals surface area contributed by atoms with Gasteiger partial charge in [0.2, 0.25) is 0 Å². The van der Waals surface area contributed by atoms with Crippen molar-refractivity contribution >= 4 is 12.6 Å². The van der Waals surface area contributed by atoms with Crippen LogP contribution in [0.25, 0.3) is 0 Å². The van der Waals surface area contributed by atoms with Crippen molar-refractivity contribution < 1.29 is 9.13 Å². The maximum atomic E-state index is 13.2. The van der Waals surface area contributed by atoms with Crippen molar-refractivity contribution in [3.63, 3.8) is 0 Å². The Balaban J connectivity index is 2.19. The number of ether oxygens (including phenoxy) is 1. The Morgan fingerprint density at radius 2 is 2.06 bits per heavy atom. The first-order chi connectivity index (χ1) is 7.74. The van der Waals surface area contributed by atoms with Gasteiger partial charge < -0.3 is 4.74 Å². The van der Waals surface area contributed by atoms with Gasteiger partial charge in [-0.25, -0.2) is 4.39 Å². The number of halogens is 1. The minimum atomic E-state index is -0.189. The van der Waals surface area contributed by atoms with Crippen LogP contribution in [0.2, 0.25) is 0 Å². The third-order valence-corrected chi connectivity index (χ3v) is 2.85. The Morgan fingerprint density at radius 1 is 1.31 bits per heavy atom. The quantitative estimate of drug-likeness (QED) is 0.567. The zero-order chi connectivity index (χ0) is 11.8. The van der Waals surface area contributed by atoms with E-state index in [4.69, 9.17) is 4.74 Å². The van der Waals surface area contributed by atoms with Crippen LogP contribution in [0.5, 0.6) is 0 Å². The monoisotopic (exact) mass is 242 g/mol. The van der Waals surface area contributed by atoms with Gasteiger partial charge in [-0.1, -0.05) is 25.1 Å². The number of hydrogen-bond acceptors (Lipinski definition) is 2. The molecule has 90 valence electrons. The third-order valence-electron chi connectivity index (χ3n) is 2.59. The van der Waals surface area contributed by atoms with Crippen molar-refractivity contribution in [1.82, 2.24) is 0 Å². The maximum Gasteiger partial charge on any atom is 0.128 e. The van der Waals surface area contributed by atoms with Gasteiger partial charge in [0.25, 0.3) is 0 Å². The zero-order valence-electron chi connectivity index (χ0n) is 9.66. The largest absolute Gasteiger partial charge is 0.377 e. The van der Waals surface area contributed by atoms with Crippen LogP contribution in [0.3, 0.4) is 0 Å². The molecule has 0 aromatic heterocycles. The van der Waals surface area contributed by atoms with E-state index in [1.807, 2.05) is 6.07 Å². The van der Waals surface area contributed by atoms with E-state index in [2.05, 4.69) is 19.6 Å². The Bertz CT molecular complexity index is 304.